The van der Waals surface area contributed by atoms with Crippen molar-refractivity contribution in [3.05, 3.63) is 55.9 Å². The summed E-state index contributed by atoms with van der Waals surface area (Å²) in [5.74, 6) is -2.59. The average Bonchev–Trinajstić information content (AvgIpc) is 2.45. The van der Waals surface area contributed by atoms with Gasteiger partial charge in [0, 0.05) is 17.8 Å². The first-order chi connectivity index (χ1) is 9.85. The average molecular weight is 359 g/mol. The Balaban J connectivity index is 2.71. The highest BCUT2D eigenvalue weighted by Gasteiger charge is 2.18. The van der Waals surface area contributed by atoms with E-state index in [1.165, 1.54) is 13.1 Å². The van der Waals surface area contributed by atoms with E-state index in [-0.39, 0.29) is 15.7 Å². The van der Waals surface area contributed by atoms with Crippen LogP contribution in [0.3, 0.4) is 0 Å². The molecule has 0 N–H and O–H groups in total. The summed E-state index contributed by atoms with van der Waals surface area (Å²) in [7, 11) is 1.10. The van der Waals surface area contributed by atoms with E-state index in [0.717, 1.165) is 17.9 Å². The van der Waals surface area contributed by atoms with Crippen LogP contribution < -0.4 is 5.43 Å². The van der Waals surface area contributed by atoms with Crippen molar-refractivity contribution >= 4 is 21.9 Å². The number of esters is 1. The quantitative estimate of drug-likeness (QED) is 0.610. The van der Waals surface area contributed by atoms with Crippen LogP contribution in [0.5, 0.6) is 0 Å². The predicted octanol–water partition coefficient (Wildman–Crippen LogP) is 2.37. The van der Waals surface area contributed by atoms with Gasteiger partial charge in [0.2, 0.25) is 11.1 Å². The lowest BCUT2D eigenvalue weighted by atomic mass is 10.2. The highest BCUT2D eigenvalue weighted by atomic mass is 79.9. The topological polar surface area (TPSA) is 61.2 Å². The molecule has 0 aliphatic heterocycles. The minimum absolute atomic E-state index is 0.0247. The Kier molecular flexibility index (Phi) is 4.17. The number of nitrogens with zero attached hydrogens (tertiary/aromatic N) is 2. The zero-order valence-electron chi connectivity index (χ0n) is 11.0. The maximum atomic E-state index is 13.8. The van der Waals surface area contributed by atoms with Crippen molar-refractivity contribution in [3.63, 3.8) is 0 Å². The minimum atomic E-state index is -0.931. The van der Waals surface area contributed by atoms with Gasteiger partial charge in [0.05, 0.1) is 11.6 Å². The van der Waals surface area contributed by atoms with Crippen molar-refractivity contribution < 1.29 is 18.3 Å². The van der Waals surface area contributed by atoms with Gasteiger partial charge in [0.15, 0.2) is 5.82 Å². The van der Waals surface area contributed by atoms with E-state index in [0.29, 0.717) is 6.07 Å². The summed E-state index contributed by atoms with van der Waals surface area (Å²) in [6, 6.07) is 1.83. The Labute approximate surface area is 126 Å². The smallest absolute Gasteiger partial charge is 0.362 e. The van der Waals surface area contributed by atoms with E-state index in [1.54, 1.807) is 0 Å². The summed E-state index contributed by atoms with van der Waals surface area (Å²) in [5, 5.41) is 3.75. The van der Waals surface area contributed by atoms with Gasteiger partial charge in [-0.3, -0.25) is 4.79 Å². The molecule has 8 heteroatoms. The molecule has 5 nitrogen and oxygen atoms in total. The van der Waals surface area contributed by atoms with E-state index in [2.05, 4.69) is 25.8 Å². The van der Waals surface area contributed by atoms with Gasteiger partial charge in [0.25, 0.3) is 0 Å². The zero-order chi connectivity index (χ0) is 15.7. The molecule has 0 bridgehead atoms. The number of aromatic nitrogens is 2. The van der Waals surface area contributed by atoms with Crippen molar-refractivity contribution in [2.45, 2.75) is 6.92 Å². The third-order valence-electron chi connectivity index (χ3n) is 2.71. The van der Waals surface area contributed by atoms with Gasteiger partial charge < -0.3 is 4.74 Å². The molecule has 0 spiro atoms. The van der Waals surface area contributed by atoms with Crippen LogP contribution in [-0.2, 0) is 4.74 Å². The van der Waals surface area contributed by atoms with Crippen LogP contribution in [-0.4, -0.2) is 22.9 Å². The van der Waals surface area contributed by atoms with Gasteiger partial charge in [-0.05, 0) is 28.9 Å². The number of benzene rings is 1. The fourth-order valence-electron chi connectivity index (χ4n) is 1.65. The first-order valence-corrected chi connectivity index (χ1v) is 6.48. The van der Waals surface area contributed by atoms with Gasteiger partial charge >= 0.3 is 5.97 Å². The van der Waals surface area contributed by atoms with Gasteiger partial charge in [-0.15, -0.1) is 0 Å². The van der Waals surface area contributed by atoms with Crippen LogP contribution in [0.4, 0.5) is 8.78 Å². The Morgan fingerprint density at radius 1 is 1.33 bits per heavy atom. The van der Waals surface area contributed by atoms with Gasteiger partial charge in [-0.1, -0.05) is 0 Å². The monoisotopic (exact) mass is 358 g/mol. The molecular weight excluding hydrogens is 350 g/mol. The van der Waals surface area contributed by atoms with Crippen molar-refractivity contribution in [1.82, 2.24) is 9.78 Å². The van der Waals surface area contributed by atoms with Gasteiger partial charge in [-0.2, -0.15) is 5.10 Å². The molecule has 0 radical (unpaired) electrons. The Morgan fingerprint density at radius 2 is 2.00 bits per heavy atom. The summed E-state index contributed by atoms with van der Waals surface area (Å²) in [4.78, 5) is 23.3. The number of hydrogen-bond donors (Lipinski definition) is 0. The van der Waals surface area contributed by atoms with Crippen molar-refractivity contribution in [2.75, 3.05) is 7.11 Å². The maximum absolute atomic E-state index is 13.8. The van der Waals surface area contributed by atoms with Crippen molar-refractivity contribution in [2.24, 2.45) is 0 Å². The first-order valence-electron chi connectivity index (χ1n) is 5.69. The number of halogens is 3. The lowest BCUT2D eigenvalue weighted by Gasteiger charge is -2.10. The van der Waals surface area contributed by atoms with E-state index < -0.39 is 28.7 Å². The molecular formula is C13H9BrF2N2O3. The second-order valence-corrected chi connectivity index (χ2v) is 5.00. The summed E-state index contributed by atoms with van der Waals surface area (Å²) in [6.07, 6.45) is 1.25. The third kappa shape index (κ3) is 2.85. The normalized spacial score (nSPS) is 10.5. The number of ether oxygens (including phenoxy) is 1. The van der Waals surface area contributed by atoms with Crippen LogP contribution >= 0.6 is 15.9 Å². The molecule has 0 saturated carbocycles. The molecule has 0 atom stereocenters. The molecule has 2 rings (SSSR count). The van der Waals surface area contributed by atoms with Crippen molar-refractivity contribution in [1.29, 1.82) is 0 Å². The van der Waals surface area contributed by atoms with Crippen LogP contribution in [0.2, 0.25) is 0 Å². The van der Waals surface area contributed by atoms with Gasteiger partial charge in [0.1, 0.15) is 11.5 Å². The van der Waals surface area contributed by atoms with Crippen LogP contribution in [0.1, 0.15) is 16.1 Å². The second-order valence-electron chi connectivity index (χ2n) is 4.14. The predicted molar refractivity (Wildman–Crippen MR) is 73.5 cm³/mol. The molecule has 1 aromatic heterocycles. The Bertz CT molecular complexity index is 790. The number of methoxy groups -OCH3 is 1. The van der Waals surface area contributed by atoms with E-state index in [9.17, 15) is 18.4 Å². The zero-order valence-corrected chi connectivity index (χ0v) is 12.6. The molecule has 21 heavy (non-hydrogen) atoms. The number of carbonyl (C=O) groups excluding carboxylic acids is 1. The lowest BCUT2D eigenvalue weighted by Crippen LogP contribution is -2.24. The maximum Gasteiger partial charge on any atom is 0.362 e. The molecule has 0 saturated heterocycles. The van der Waals surface area contributed by atoms with E-state index in [4.69, 9.17) is 0 Å². The molecule has 2 aromatic rings. The fourth-order valence-corrected chi connectivity index (χ4v) is 1.98. The first kappa shape index (κ1) is 15.3. The van der Waals surface area contributed by atoms with E-state index >= 15 is 0 Å². The fraction of sp³-hybridized carbons (Fsp3) is 0.154. The van der Waals surface area contributed by atoms with Gasteiger partial charge in [-0.25, -0.2) is 18.3 Å². The summed E-state index contributed by atoms with van der Waals surface area (Å²) in [6.45, 7) is 1.45. The highest BCUT2D eigenvalue weighted by Crippen LogP contribution is 2.22. The van der Waals surface area contributed by atoms with E-state index in [1.807, 2.05) is 0 Å². The largest absolute Gasteiger partial charge is 0.464 e. The molecule has 1 aromatic carbocycles. The van der Waals surface area contributed by atoms with Crippen molar-refractivity contribution in [3.8, 4) is 5.69 Å². The molecule has 0 amide bonds. The molecule has 0 fully saturated rings. The number of hydrogen-bond acceptors (Lipinski definition) is 4. The van der Waals surface area contributed by atoms with Crippen LogP contribution in [0.25, 0.3) is 5.69 Å². The SMILES string of the molecule is COC(=O)c1nn(-c2cc(Br)c(F)cc2F)cc(C)c1=O. The summed E-state index contributed by atoms with van der Waals surface area (Å²) >= 11 is 2.94. The molecule has 1 heterocycles. The number of carbonyl (C=O) groups is 1. The Morgan fingerprint density at radius 3 is 2.62 bits per heavy atom. The Hall–Kier alpha value is -2.09. The van der Waals surface area contributed by atoms with Crippen LogP contribution in [0, 0.1) is 18.6 Å². The third-order valence-corrected chi connectivity index (χ3v) is 3.32. The lowest BCUT2D eigenvalue weighted by molar-refractivity contribution is 0.0590. The number of aryl methyl sites for hydroxylation is 1. The highest BCUT2D eigenvalue weighted by molar-refractivity contribution is 9.10. The number of rotatable bonds is 2. The summed E-state index contributed by atoms with van der Waals surface area (Å²) < 4.78 is 32.6. The summed E-state index contributed by atoms with van der Waals surface area (Å²) in [5.41, 5.74) is -1.03. The molecule has 110 valence electrons. The molecule has 0 unspecified atom stereocenters. The second kappa shape index (κ2) is 5.72. The standard InChI is InChI=1S/C13H9BrF2N2O3/c1-6-5-18(17-11(12(6)19)13(20)21-2)10-3-7(14)8(15)4-9(10)16/h3-5H,1-2H3. The molecule has 0 aliphatic carbocycles. The van der Waals surface area contributed by atoms with Crippen LogP contribution in [0.15, 0.2) is 27.6 Å². The molecule has 0 aliphatic rings. The minimum Gasteiger partial charge on any atom is -0.464 e.